The van der Waals surface area contributed by atoms with Crippen LogP contribution in [0.5, 0.6) is 0 Å². The van der Waals surface area contributed by atoms with E-state index in [9.17, 15) is 4.79 Å². The van der Waals surface area contributed by atoms with Gasteiger partial charge in [-0.25, -0.2) is 0 Å². The van der Waals surface area contributed by atoms with Crippen molar-refractivity contribution in [2.45, 2.75) is 52.7 Å². The quantitative estimate of drug-likeness (QED) is 0.629. The maximum absolute atomic E-state index is 11.9. The maximum atomic E-state index is 11.9. The zero-order chi connectivity index (χ0) is 15.5. The number of hydrogen-bond donors (Lipinski definition) is 0. The van der Waals surface area contributed by atoms with E-state index in [0.29, 0.717) is 18.6 Å². The van der Waals surface area contributed by atoms with Crippen LogP contribution in [0.15, 0.2) is 35.4 Å². The Kier molecular flexibility index (Phi) is 4.98. The second kappa shape index (κ2) is 6.56. The molecule has 1 aromatic rings. The van der Waals surface area contributed by atoms with Crippen molar-refractivity contribution >= 4 is 20.5 Å². The molecule has 0 N–H and O–H groups in total. The number of benzene rings is 1. The summed E-state index contributed by atoms with van der Waals surface area (Å²) in [6.45, 7) is 9.73. The normalized spacial score (nSPS) is 20.0. The van der Waals surface area contributed by atoms with Crippen molar-refractivity contribution in [3.05, 3.63) is 35.9 Å². The van der Waals surface area contributed by atoms with Crippen molar-refractivity contribution in [2.24, 2.45) is 10.5 Å². The SMILES string of the molecule is C[SiH](C)N(Cc1ccccc1)N=C1CC(=O)CC(C)(C)C1. The molecule has 0 bridgehead atoms. The van der Waals surface area contributed by atoms with E-state index in [0.717, 1.165) is 18.7 Å². The summed E-state index contributed by atoms with van der Waals surface area (Å²) >= 11 is 0. The Morgan fingerprint density at radius 3 is 2.43 bits per heavy atom. The van der Waals surface area contributed by atoms with E-state index < -0.39 is 8.96 Å². The third-order valence-corrected chi connectivity index (χ3v) is 5.30. The smallest absolute Gasteiger partial charge is 0.157 e. The molecule has 3 nitrogen and oxygen atoms in total. The molecular weight excluding hydrogens is 276 g/mol. The molecule has 0 aromatic heterocycles. The van der Waals surface area contributed by atoms with Crippen LogP contribution in [0.2, 0.25) is 13.1 Å². The number of carbonyl (C=O) groups excluding carboxylic acids is 1. The van der Waals surface area contributed by atoms with Crippen LogP contribution in [0.25, 0.3) is 0 Å². The molecule has 0 amide bonds. The zero-order valence-electron chi connectivity index (χ0n) is 13.6. The van der Waals surface area contributed by atoms with Crippen LogP contribution in [-0.4, -0.2) is 25.1 Å². The molecule has 0 heterocycles. The topological polar surface area (TPSA) is 32.7 Å². The maximum Gasteiger partial charge on any atom is 0.157 e. The van der Waals surface area contributed by atoms with Gasteiger partial charge in [-0.1, -0.05) is 57.3 Å². The lowest BCUT2D eigenvalue weighted by Gasteiger charge is -2.32. The molecule has 0 unspecified atom stereocenters. The van der Waals surface area contributed by atoms with Gasteiger partial charge in [-0.05, 0) is 17.4 Å². The van der Waals surface area contributed by atoms with E-state index in [4.69, 9.17) is 5.10 Å². The molecular formula is C17H26N2OSi. The van der Waals surface area contributed by atoms with Crippen molar-refractivity contribution in [1.29, 1.82) is 0 Å². The molecule has 0 atom stereocenters. The fraction of sp³-hybridized carbons (Fsp3) is 0.529. The van der Waals surface area contributed by atoms with Gasteiger partial charge in [0.25, 0.3) is 0 Å². The fourth-order valence-corrected chi connectivity index (χ4v) is 3.83. The van der Waals surface area contributed by atoms with Crippen molar-refractivity contribution in [3.63, 3.8) is 0 Å². The number of Topliss-reactive ketones (excluding diaryl/α,β-unsaturated/α-hetero) is 1. The molecule has 0 saturated heterocycles. The Balaban J connectivity index is 2.15. The Morgan fingerprint density at radius 1 is 1.19 bits per heavy atom. The summed E-state index contributed by atoms with van der Waals surface area (Å²) in [6, 6.07) is 10.4. The summed E-state index contributed by atoms with van der Waals surface area (Å²) in [7, 11) is -1.05. The van der Waals surface area contributed by atoms with E-state index in [1.54, 1.807) is 0 Å². The molecule has 0 spiro atoms. The van der Waals surface area contributed by atoms with Crippen molar-refractivity contribution < 1.29 is 4.79 Å². The van der Waals surface area contributed by atoms with Gasteiger partial charge < -0.3 is 4.67 Å². The largest absolute Gasteiger partial charge is 0.324 e. The van der Waals surface area contributed by atoms with E-state index in [1.807, 2.05) is 6.07 Å². The number of rotatable bonds is 4. The van der Waals surface area contributed by atoms with Crippen LogP contribution in [0.3, 0.4) is 0 Å². The van der Waals surface area contributed by atoms with Gasteiger partial charge in [0.15, 0.2) is 8.96 Å². The minimum absolute atomic E-state index is 0.0606. The van der Waals surface area contributed by atoms with Gasteiger partial charge in [0.2, 0.25) is 0 Å². The molecule has 2 rings (SSSR count). The lowest BCUT2D eigenvalue weighted by Crippen LogP contribution is -2.34. The summed E-state index contributed by atoms with van der Waals surface area (Å²) in [4.78, 5) is 11.9. The van der Waals surface area contributed by atoms with Crippen LogP contribution < -0.4 is 0 Å². The molecule has 1 aromatic carbocycles. The van der Waals surface area contributed by atoms with Crippen LogP contribution in [0.4, 0.5) is 0 Å². The third-order valence-electron chi connectivity index (χ3n) is 3.81. The summed E-state index contributed by atoms with van der Waals surface area (Å²) < 4.78 is 2.24. The first-order valence-corrected chi connectivity index (χ1v) is 10.6. The van der Waals surface area contributed by atoms with Gasteiger partial charge in [0.1, 0.15) is 5.78 Å². The molecule has 1 aliphatic carbocycles. The Morgan fingerprint density at radius 2 is 1.86 bits per heavy atom. The average Bonchev–Trinajstić information content (AvgIpc) is 2.36. The average molecular weight is 302 g/mol. The molecule has 114 valence electrons. The number of ketones is 1. The summed E-state index contributed by atoms with van der Waals surface area (Å²) in [5.74, 6) is 0.329. The molecule has 1 saturated carbocycles. The zero-order valence-corrected chi connectivity index (χ0v) is 14.7. The van der Waals surface area contributed by atoms with Gasteiger partial charge in [-0.2, -0.15) is 5.10 Å². The van der Waals surface area contributed by atoms with Gasteiger partial charge in [-0.15, -0.1) is 0 Å². The van der Waals surface area contributed by atoms with Gasteiger partial charge in [0.05, 0.1) is 6.54 Å². The first kappa shape index (κ1) is 16.0. The predicted molar refractivity (Wildman–Crippen MR) is 90.9 cm³/mol. The second-order valence-corrected chi connectivity index (χ2v) is 9.86. The minimum atomic E-state index is -1.05. The van der Waals surface area contributed by atoms with Gasteiger partial charge >= 0.3 is 0 Å². The predicted octanol–water partition coefficient (Wildman–Crippen LogP) is 3.61. The highest BCUT2D eigenvalue weighted by molar-refractivity contribution is 6.52. The Bertz CT molecular complexity index is 523. The molecule has 1 fully saturated rings. The molecule has 21 heavy (non-hydrogen) atoms. The molecule has 1 aliphatic rings. The third kappa shape index (κ3) is 4.81. The standard InChI is InChI=1S/C17H26N2OSi/c1-17(2)11-15(10-16(20)12-17)18-19(21(3)4)13-14-8-6-5-7-9-14/h5-9,21H,10-13H2,1-4H3. The van der Waals surface area contributed by atoms with Crippen LogP contribution >= 0.6 is 0 Å². The monoisotopic (exact) mass is 302 g/mol. The van der Waals surface area contributed by atoms with Crippen molar-refractivity contribution in [1.82, 2.24) is 4.67 Å². The number of hydrazone groups is 1. The molecule has 0 radical (unpaired) electrons. The van der Waals surface area contributed by atoms with E-state index >= 15 is 0 Å². The minimum Gasteiger partial charge on any atom is -0.324 e. The first-order chi connectivity index (χ1) is 9.85. The van der Waals surface area contributed by atoms with E-state index in [2.05, 4.69) is 55.9 Å². The van der Waals surface area contributed by atoms with Crippen molar-refractivity contribution in [3.8, 4) is 0 Å². The molecule has 0 aliphatic heterocycles. The lowest BCUT2D eigenvalue weighted by atomic mass is 9.76. The van der Waals surface area contributed by atoms with E-state index in [-0.39, 0.29) is 5.41 Å². The van der Waals surface area contributed by atoms with Gasteiger partial charge in [-0.3, -0.25) is 4.79 Å². The van der Waals surface area contributed by atoms with Crippen LogP contribution in [0.1, 0.15) is 38.7 Å². The highest BCUT2D eigenvalue weighted by Gasteiger charge is 2.30. The highest BCUT2D eigenvalue weighted by Crippen LogP contribution is 2.32. The summed E-state index contributed by atoms with van der Waals surface area (Å²) in [5, 5.41) is 4.87. The Hall–Kier alpha value is -1.42. The Labute approximate surface area is 129 Å². The number of carbonyl (C=O) groups is 1. The number of nitrogens with zero attached hydrogens (tertiary/aromatic N) is 2. The lowest BCUT2D eigenvalue weighted by molar-refractivity contribution is -0.120. The summed E-state index contributed by atoms with van der Waals surface area (Å²) in [6.07, 6.45) is 2.16. The first-order valence-electron chi connectivity index (χ1n) is 7.74. The fourth-order valence-electron chi connectivity index (χ4n) is 2.86. The number of hydrogen-bond acceptors (Lipinski definition) is 3. The van der Waals surface area contributed by atoms with E-state index in [1.165, 1.54) is 5.56 Å². The van der Waals surface area contributed by atoms with Gasteiger partial charge in [0, 0.05) is 18.6 Å². The van der Waals surface area contributed by atoms with Crippen molar-refractivity contribution in [2.75, 3.05) is 0 Å². The second-order valence-electron chi connectivity index (χ2n) is 7.08. The van der Waals surface area contributed by atoms with Crippen LogP contribution in [-0.2, 0) is 11.3 Å². The highest BCUT2D eigenvalue weighted by atomic mass is 28.3. The molecule has 4 heteroatoms. The van der Waals surface area contributed by atoms with Crippen LogP contribution in [0, 0.1) is 5.41 Å². The summed E-state index contributed by atoms with van der Waals surface area (Å²) in [5.41, 5.74) is 2.41.